The molecule has 2 heteroatoms. The van der Waals surface area contributed by atoms with Gasteiger partial charge in [0.2, 0.25) is 0 Å². The minimum Gasteiger partial charge on any atom is -0.390 e. The molecule has 0 amide bonds. The van der Waals surface area contributed by atoms with Gasteiger partial charge in [-0.3, -0.25) is 0 Å². The number of rotatable bonds is 18. The second kappa shape index (κ2) is 22.6. The lowest BCUT2D eigenvalue weighted by Gasteiger charge is -2.29. The fourth-order valence-corrected chi connectivity index (χ4v) is 3.91. The van der Waals surface area contributed by atoms with Gasteiger partial charge in [-0.15, -0.1) is 0 Å². The molecule has 0 heterocycles. The zero-order valence-electron chi connectivity index (χ0n) is 28.4. The van der Waals surface area contributed by atoms with Crippen LogP contribution >= 0.6 is 0 Å². The normalized spacial score (nSPS) is 16.6. The predicted octanol–water partition coefficient (Wildman–Crippen LogP) is 11.3. The van der Waals surface area contributed by atoms with Crippen LogP contribution in [-0.2, 0) is 0 Å². The van der Waals surface area contributed by atoms with Crippen LogP contribution in [0.4, 0.5) is 0 Å². The van der Waals surface area contributed by atoms with Crippen molar-refractivity contribution in [1.29, 1.82) is 0 Å². The first kappa shape index (κ1) is 39.1. The summed E-state index contributed by atoms with van der Waals surface area (Å²) < 4.78 is 0. The van der Waals surface area contributed by atoms with Crippen molar-refractivity contribution in [2.75, 3.05) is 0 Å². The van der Waals surface area contributed by atoms with E-state index in [1.807, 2.05) is 19.9 Å². The van der Waals surface area contributed by atoms with Gasteiger partial charge in [0.25, 0.3) is 0 Å². The quantitative estimate of drug-likeness (QED) is 0.127. The average Bonchev–Trinajstić information content (AvgIpc) is 2.89. The highest BCUT2D eigenvalue weighted by molar-refractivity contribution is 5.31. The monoisotopic (exact) mass is 572 g/mol. The van der Waals surface area contributed by atoms with Crippen molar-refractivity contribution in [2.24, 2.45) is 0 Å². The molecule has 0 saturated heterocycles. The summed E-state index contributed by atoms with van der Waals surface area (Å²) in [5.41, 5.74) is 7.69. The van der Waals surface area contributed by atoms with E-state index in [2.05, 4.69) is 134 Å². The Labute approximate surface area is 259 Å². The van der Waals surface area contributed by atoms with Crippen LogP contribution in [0.5, 0.6) is 0 Å². The van der Waals surface area contributed by atoms with Gasteiger partial charge < -0.3 is 10.2 Å². The van der Waals surface area contributed by atoms with Crippen molar-refractivity contribution in [3.05, 3.63) is 130 Å². The lowest BCUT2D eigenvalue weighted by Crippen LogP contribution is -2.39. The molecule has 42 heavy (non-hydrogen) atoms. The van der Waals surface area contributed by atoms with Crippen LogP contribution in [0.15, 0.2) is 130 Å². The van der Waals surface area contributed by atoms with Crippen molar-refractivity contribution < 1.29 is 10.2 Å². The third kappa shape index (κ3) is 22.7. The summed E-state index contributed by atoms with van der Waals surface area (Å²) in [6.07, 6.45) is 35.8. The van der Waals surface area contributed by atoms with Crippen molar-refractivity contribution in [3.8, 4) is 0 Å². The largest absolute Gasteiger partial charge is 0.390 e. The SMILES string of the molecule is CC(C)=CCCC(C)=CC=CC(C)=CC=CC(C)=CC=CC=C(C)C=CC=C(C)CCC(O)C(C)(O)CCC=C(C)C. The molecule has 0 fully saturated rings. The molecule has 0 spiro atoms. The van der Waals surface area contributed by atoms with E-state index in [1.165, 1.54) is 33.4 Å². The molecular formula is C40H60O2. The van der Waals surface area contributed by atoms with Crippen LogP contribution in [0, 0.1) is 0 Å². The average molecular weight is 573 g/mol. The van der Waals surface area contributed by atoms with Gasteiger partial charge in [0.15, 0.2) is 0 Å². The summed E-state index contributed by atoms with van der Waals surface area (Å²) in [5.74, 6) is 0. The van der Waals surface area contributed by atoms with Crippen LogP contribution in [0.1, 0.15) is 108 Å². The molecule has 0 aromatic rings. The van der Waals surface area contributed by atoms with Gasteiger partial charge in [-0.25, -0.2) is 0 Å². The van der Waals surface area contributed by atoms with Crippen molar-refractivity contribution in [3.63, 3.8) is 0 Å². The highest BCUT2D eigenvalue weighted by Crippen LogP contribution is 2.23. The Morgan fingerprint density at radius 1 is 0.571 bits per heavy atom. The van der Waals surface area contributed by atoms with Crippen LogP contribution in [0.25, 0.3) is 0 Å². The van der Waals surface area contributed by atoms with Crippen LogP contribution < -0.4 is 0 Å². The van der Waals surface area contributed by atoms with Crippen molar-refractivity contribution in [2.45, 2.75) is 119 Å². The molecule has 2 nitrogen and oxygen atoms in total. The Morgan fingerprint density at radius 2 is 0.976 bits per heavy atom. The van der Waals surface area contributed by atoms with Gasteiger partial charge in [-0.1, -0.05) is 130 Å². The van der Waals surface area contributed by atoms with Gasteiger partial charge in [-0.05, 0) is 108 Å². The third-order valence-corrected chi connectivity index (χ3v) is 6.85. The number of aliphatic hydroxyl groups excluding tert-OH is 1. The summed E-state index contributed by atoms with van der Waals surface area (Å²) in [4.78, 5) is 0. The van der Waals surface area contributed by atoms with E-state index >= 15 is 0 Å². The molecule has 0 aliphatic heterocycles. The smallest absolute Gasteiger partial charge is 0.0880 e. The number of hydrogen-bond acceptors (Lipinski definition) is 2. The topological polar surface area (TPSA) is 40.5 Å². The van der Waals surface area contributed by atoms with Crippen molar-refractivity contribution in [1.82, 2.24) is 0 Å². The molecule has 0 aliphatic carbocycles. The Bertz CT molecular complexity index is 1130. The van der Waals surface area contributed by atoms with E-state index in [-0.39, 0.29) is 0 Å². The highest BCUT2D eigenvalue weighted by Gasteiger charge is 2.28. The first-order valence-corrected chi connectivity index (χ1v) is 15.4. The minimum atomic E-state index is -1.06. The van der Waals surface area contributed by atoms with E-state index < -0.39 is 11.7 Å². The first-order valence-electron chi connectivity index (χ1n) is 15.4. The van der Waals surface area contributed by atoms with Crippen LogP contribution in [-0.4, -0.2) is 21.9 Å². The molecule has 2 unspecified atom stereocenters. The first-order chi connectivity index (χ1) is 19.7. The molecule has 0 saturated carbocycles. The fourth-order valence-electron chi connectivity index (χ4n) is 3.91. The van der Waals surface area contributed by atoms with Gasteiger partial charge in [0.05, 0.1) is 11.7 Å². The second-order valence-corrected chi connectivity index (χ2v) is 12.3. The van der Waals surface area contributed by atoms with Crippen LogP contribution in [0.2, 0.25) is 0 Å². The molecule has 2 N–H and O–H groups in total. The number of hydrogen-bond donors (Lipinski definition) is 2. The summed E-state index contributed by atoms with van der Waals surface area (Å²) in [5, 5.41) is 21.1. The van der Waals surface area contributed by atoms with E-state index in [4.69, 9.17) is 0 Å². The lowest BCUT2D eigenvalue weighted by atomic mass is 9.89. The predicted molar refractivity (Wildman–Crippen MR) is 189 cm³/mol. The highest BCUT2D eigenvalue weighted by atomic mass is 16.3. The van der Waals surface area contributed by atoms with Gasteiger partial charge in [0.1, 0.15) is 0 Å². The summed E-state index contributed by atoms with van der Waals surface area (Å²) in [6.45, 7) is 20.7. The maximum Gasteiger partial charge on any atom is 0.0880 e. The molecule has 0 aromatic carbocycles. The molecule has 0 radical (unpaired) electrons. The molecule has 232 valence electrons. The maximum atomic E-state index is 10.6. The standard InChI is InChI=1S/C40H60O2/c1-32(2)18-13-22-36(7)25-15-27-37(8)26-14-23-34(5)20-11-12-21-35(6)24-16-28-38(9)29-30-39(41)40(10,42)31-17-19-33(3)4/h11-12,14-16,18-21,23-28,39,41-42H,13,17,22,29-31H2,1-10H3. The van der Waals surface area contributed by atoms with Gasteiger partial charge in [0, 0.05) is 0 Å². The fraction of sp³-hybridized carbons (Fsp3) is 0.450. The van der Waals surface area contributed by atoms with Crippen LogP contribution in [0.3, 0.4) is 0 Å². The van der Waals surface area contributed by atoms with Gasteiger partial charge in [-0.2, -0.15) is 0 Å². The molecular weight excluding hydrogens is 512 g/mol. The summed E-state index contributed by atoms with van der Waals surface area (Å²) in [6, 6.07) is 0. The Balaban J connectivity index is 4.70. The minimum absolute atomic E-state index is 0.552. The second-order valence-electron chi connectivity index (χ2n) is 12.3. The third-order valence-electron chi connectivity index (χ3n) is 6.85. The molecule has 2 atom stereocenters. The maximum absolute atomic E-state index is 10.6. The molecule has 0 rings (SSSR count). The zero-order valence-corrected chi connectivity index (χ0v) is 28.4. The van der Waals surface area contributed by atoms with Crippen molar-refractivity contribution >= 4 is 0 Å². The van der Waals surface area contributed by atoms with E-state index in [0.717, 1.165) is 31.3 Å². The van der Waals surface area contributed by atoms with E-state index in [9.17, 15) is 10.2 Å². The molecule has 0 bridgehead atoms. The number of allylic oxidation sites excluding steroid dienone is 22. The zero-order chi connectivity index (χ0) is 32.0. The number of aliphatic hydroxyl groups is 2. The van der Waals surface area contributed by atoms with E-state index in [1.54, 1.807) is 6.92 Å². The Hall–Kier alpha value is -2.94. The van der Waals surface area contributed by atoms with E-state index in [0.29, 0.717) is 12.8 Å². The lowest BCUT2D eigenvalue weighted by molar-refractivity contribution is -0.0691. The summed E-state index contributed by atoms with van der Waals surface area (Å²) >= 11 is 0. The molecule has 0 aromatic heterocycles. The summed E-state index contributed by atoms with van der Waals surface area (Å²) in [7, 11) is 0. The van der Waals surface area contributed by atoms with Gasteiger partial charge >= 0.3 is 0 Å². The Morgan fingerprint density at radius 3 is 1.45 bits per heavy atom. The molecule has 0 aliphatic rings. The Kier molecular flexibility index (Phi) is 21.0.